The second-order valence-corrected chi connectivity index (χ2v) is 6.10. The highest BCUT2D eigenvalue weighted by Crippen LogP contribution is 2.18. The molecule has 1 aliphatic carbocycles. The largest absolute Gasteiger partial charge is 0.480 e. The van der Waals surface area contributed by atoms with Crippen molar-refractivity contribution in [2.75, 3.05) is 24.6 Å². The Labute approximate surface area is 111 Å². The molecule has 1 atom stereocenters. The number of carboxylic acids is 1. The first-order valence-electron chi connectivity index (χ1n) is 6.51. The number of aliphatic carboxylic acids is 1. The molecule has 1 saturated heterocycles. The van der Waals surface area contributed by atoms with Crippen molar-refractivity contribution in [3.05, 3.63) is 0 Å². The molecular weight excluding hydrogens is 252 g/mol. The van der Waals surface area contributed by atoms with E-state index in [2.05, 4.69) is 5.32 Å². The van der Waals surface area contributed by atoms with E-state index in [1.807, 2.05) is 0 Å². The zero-order valence-corrected chi connectivity index (χ0v) is 11.2. The molecular formula is C12H20N2O3S. The van der Waals surface area contributed by atoms with Crippen LogP contribution in [0.5, 0.6) is 0 Å². The Kier molecular flexibility index (Phi) is 4.88. The lowest BCUT2D eigenvalue weighted by atomic mass is 10.2. The van der Waals surface area contributed by atoms with E-state index in [-0.39, 0.29) is 12.5 Å². The molecule has 2 rings (SSSR count). The molecule has 0 radical (unpaired) electrons. The molecule has 1 amide bonds. The molecule has 2 N–H and O–H groups in total. The van der Waals surface area contributed by atoms with E-state index in [4.69, 9.17) is 5.11 Å². The van der Waals surface area contributed by atoms with E-state index in [0.29, 0.717) is 18.3 Å². The SMILES string of the molecule is O=C(CN1CCSCC1C(=O)O)NC1CCCC1. The third kappa shape index (κ3) is 3.62. The molecule has 0 aromatic rings. The zero-order valence-electron chi connectivity index (χ0n) is 10.4. The molecule has 1 unspecified atom stereocenters. The molecule has 6 heteroatoms. The number of hydrogen-bond donors (Lipinski definition) is 2. The van der Waals surface area contributed by atoms with Gasteiger partial charge in [-0.15, -0.1) is 0 Å². The molecule has 1 aliphatic heterocycles. The van der Waals surface area contributed by atoms with Crippen LogP contribution in [0, 0.1) is 0 Å². The minimum atomic E-state index is -0.823. The number of carbonyl (C=O) groups is 2. The van der Waals surface area contributed by atoms with Gasteiger partial charge in [-0.05, 0) is 12.8 Å². The fourth-order valence-electron chi connectivity index (χ4n) is 2.58. The summed E-state index contributed by atoms with van der Waals surface area (Å²) in [6.45, 7) is 0.897. The zero-order chi connectivity index (χ0) is 13.0. The quantitative estimate of drug-likeness (QED) is 0.782. The predicted molar refractivity (Wildman–Crippen MR) is 70.7 cm³/mol. The molecule has 102 valence electrons. The van der Waals surface area contributed by atoms with Gasteiger partial charge in [0.15, 0.2) is 0 Å². The van der Waals surface area contributed by atoms with Gasteiger partial charge in [0, 0.05) is 24.1 Å². The van der Waals surface area contributed by atoms with Gasteiger partial charge < -0.3 is 10.4 Å². The summed E-state index contributed by atoms with van der Waals surface area (Å²) in [6, 6.07) is -0.210. The maximum absolute atomic E-state index is 11.9. The Morgan fingerprint density at radius 2 is 2.06 bits per heavy atom. The van der Waals surface area contributed by atoms with E-state index in [1.54, 1.807) is 16.7 Å². The van der Waals surface area contributed by atoms with Crippen LogP contribution in [0.3, 0.4) is 0 Å². The molecule has 0 spiro atoms. The Morgan fingerprint density at radius 3 is 2.72 bits per heavy atom. The van der Waals surface area contributed by atoms with Crippen molar-refractivity contribution in [3.63, 3.8) is 0 Å². The molecule has 1 heterocycles. The van der Waals surface area contributed by atoms with Crippen LogP contribution in [0.15, 0.2) is 0 Å². The predicted octanol–water partition coefficient (Wildman–Crippen LogP) is 0.547. The number of carboxylic acid groups (broad SMARTS) is 1. The number of amides is 1. The van der Waals surface area contributed by atoms with Crippen LogP contribution in [-0.4, -0.2) is 58.6 Å². The summed E-state index contributed by atoms with van der Waals surface area (Å²) in [5.74, 6) is 0.628. The van der Waals surface area contributed by atoms with Crippen molar-refractivity contribution in [1.29, 1.82) is 0 Å². The second kappa shape index (κ2) is 6.43. The van der Waals surface area contributed by atoms with E-state index in [9.17, 15) is 9.59 Å². The van der Waals surface area contributed by atoms with E-state index >= 15 is 0 Å². The van der Waals surface area contributed by atoms with Gasteiger partial charge in [0.05, 0.1) is 6.54 Å². The number of rotatable bonds is 4. The van der Waals surface area contributed by atoms with Crippen LogP contribution in [0.25, 0.3) is 0 Å². The topological polar surface area (TPSA) is 69.6 Å². The fourth-order valence-corrected chi connectivity index (χ4v) is 3.69. The van der Waals surface area contributed by atoms with Crippen LogP contribution in [0.1, 0.15) is 25.7 Å². The van der Waals surface area contributed by atoms with E-state index < -0.39 is 12.0 Å². The summed E-state index contributed by atoms with van der Waals surface area (Å²) in [4.78, 5) is 24.8. The van der Waals surface area contributed by atoms with Gasteiger partial charge in [0.1, 0.15) is 6.04 Å². The van der Waals surface area contributed by atoms with Gasteiger partial charge in [-0.1, -0.05) is 12.8 Å². The first-order chi connectivity index (χ1) is 8.66. The van der Waals surface area contributed by atoms with Crippen molar-refractivity contribution in [2.24, 2.45) is 0 Å². The lowest BCUT2D eigenvalue weighted by Gasteiger charge is -2.32. The number of hydrogen-bond acceptors (Lipinski definition) is 4. The molecule has 18 heavy (non-hydrogen) atoms. The summed E-state index contributed by atoms with van der Waals surface area (Å²) in [5, 5.41) is 12.1. The van der Waals surface area contributed by atoms with Crippen LogP contribution < -0.4 is 5.32 Å². The number of nitrogens with one attached hydrogen (secondary N) is 1. The lowest BCUT2D eigenvalue weighted by Crippen LogP contribution is -2.51. The minimum Gasteiger partial charge on any atom is -0.480 e. The Bertz CT molecular complexity index is 318. The summed E-state index contributed by atoms with van der Waals surface area (Å²) < 4.78 is 0. The number of carbonyl (C=O) groups excluding carboxylic acids is 1. The standard InChI is InChI=1S/C12H20N2O3S/c15-11(13-9-3-1-2-4-9)7-14-5-6-18-8-10(14)12(16)17/h9-10H,1-8H2,(H,13,15)(H,16,17). The van der Waals surface area contributed by atoms with Gasteiger partial charge in [-0.3, -0.25) is 14.5 Å². The third-order valence-corrected chi connectivity index (χ3v) is 4.61. The molecule has 0 bridgehead atoms. The monoisotopic (exact) mass is 272 g/mol. The van der Waals surface area contributed by atoms with Crippen molar-refractivity contribution in [1.82, 2.24) is 10.2 Å². The first kappa shape index (κ1) is 13.7. The van der Waals surface area contributed by atoms with Crippen molar-refractivity contribution in [2.45, 2.75) is 37.8 Å². The maximum atomic E-state index is 11.9. The second-order valence-electron chi connectivity index (χ2n) is 4.95. The molecule has 2 fully saturated rings. The molecule has 0 aromatic heterocycles. The Balaban J connectivity index is 1.82. The highest BCUT2D eigenvalue weighted by Gasteiger charge is 2.30. The van der Waals surface area contributed by atoms with E-state index in [0.717, 1.165) is 18.6 Å². The van der Waals surface area contributed by atoms with Crippen molar-refractivity contribution >= 4 is 23.6 Å². The molecule has 0 aromatic carbocycles. The van der Waals surface area contributed by atoms with Gasteiger partial charge in [0.25, 0.3) is 0 Å². The van der Waals surface area contributed by atoms with Crippen molar-refractivity contribution in [3.8, 4) is 0 Å². The smallest absolute Gasteiger partial charge is 0.321 e. The number of thioether (sulfide) groups is 1. The van der Waals surface area contributed by atoms with E-state index in [1.165, 1.54) is 12.8 Å². The highest BCUT2D eigenvalue weighted by atomic mass is 32.2. The normalized spacial score (nSPS) is 26.1. The molecule has 2 aliphatic rings. The van der Waals surface area contributed by atoms with Gasteiger partial charge >= 0.3 is 5.97 Å². The summed E-state index contributed by atoms with van der Waals surface area (Å²) >= 11 is 1.64. The Hall–Kier alpha value is -0.750. The highest BCUT2D eigenvalue weighted by molar-refractivity contribution is 7.99. The third-order valence-electron chi connectivity index (χ3n) is 3.59. The fraction of sp³-hybridized carbons (Fsp3) is 0.833. The summed E-state index contributed by atoms with van der Waals surface area (Å²) in [6.07, 6.45) is 4.49. The van der Waals surface area contributed by atoms with Crippen molar-refractivity contribution < 1.29 is 14.7 Å². The lowest BCUT2D eigenvalue weighted by molar-refractivity contribution is -0.143. The Morgan fingerprint density at radius 1 is 1.33 bits per heavy atom. The first-order valence-corrected chi connectivity index (χ1v) is 7.66. The van der Waals surface area contributed by atoms with Crippen LogP contribution in [0.2, 0.25) is 0 Å². The van der Waals surface area contributed by atoms with Gasteiger partial charge in [0.2, 0.25) is 5.91 Å². The van der Waals surface area contributed by atoms with Crippen LogP contribution in [-0.2, 0) is 9.59 Å². The summed E-state index contributed by atoms with van der Waals surface area (Å²) in [7, 11) is 0. The molecule has 5 nitrogen and oxygen atoms in total. The molecule has 1 saturated carbocycles. The number of nitrogens with zero attached hydrogens (tertiary/aromatic N) is 1. The average molecular weight is 272 g/mol. The summed E-state index contributed by atoms with van der Waals surface area (Å²) in [5.41, 5.74) is 0. The van der Waals surface area contributed by atoms with Gasteiger partial charge in [-0.2, -0.15) is 11.8 Å². The van der Waals surface area contributed by atoms with Crippen LogP contribution in [0.4, 0.5) is 0 Å². The maximum Gasteiger partial charge on any atom is 0.321 e. The van der Waals surface area contributed by atoms with Gasteiger partial charge in [-0.25, -0.2) is 0 Å². The average Bonchev–Trinajstić information content (AvgIpc) is 2.82. The van der Waals surface area contributed by atoms with Crippen LogP contribution >= 0.6 is 11.8 Å². The minimum absolute atomic E-state index is 0.0277.